The molecule has 0 aromatic carbocycles. The van der Waals surface area contributed by atoms with E-state index in [1.165, 1.54) is 0 Å². The molecule has 1 aromatic rings. The van der Waals surface area contributed by atoms with Crippen LogP contribution in [-0.4, -0.2) is 49.7 Å². The highest BCUT2D eigenvalue weighted by Gasteiger charge is 2.43. The number of rotatable bonds is 3. The monoisotopic (exact) mass is 272 g/mol. The lowest BCUT2D eigenvalue weighted by Gasteiger charge is -2.16. The van der Waals surface area contributed by atoms with Crippen molar-refractivity contribution in [2.75, 3.05) is 6.61 Å². The predicted octanol–water partition coefficient (Wildman–Crippen LogP) is -1.63. The Balaban J connectivity index is 2.39. The third-order valence-electron chi connectivity index (χ3n) is 2.92. The largest absolute Gasteiger partial charge is 0.394 e. The molecule has 0 amide bonds. The number of aliphatic hydroxyl groups excluding tert-OH is 3. The van der Waals surface area contributed by atoms with E-state index in [0.717, 1.165) is 22.9 Å². The Hall–Kier alpha value is -1.81. The van der Waals surface area contributed by atoms with Crippen LogP contribution >= 0.6 is 0 Å². The van der Waals surface area contributed by atoms with Crippen molar-refractivity contribution >= 4 is 5.69 Å². The maximum atomic E-state index is 11.6. The van der Waals surface area contributed by atoms with Gasteiger partial charge in [-0.05, 0) is 0 Å². The maximum Gasteiger partial charge on any atom is 0.285 e. The molecule has 0 aliphatic carbocycles. The van der Waals surface area contributed by atoms with Gasteiger partial charge in [-0.15, -0.1) is 0 Å². The Morgan fingerprint density at radius 2 is 2.05 bits per heavy atom. The van der Waals surface area contributed by atoms with E-state index in [2.05, 4.69) is 0 Å². The van der Waals surface area contributed by atoms with Gasteiger partial charge in [-0.1, -0.05) is 0 Å². The topological polar surface area (TPSA) is 135 Å². The van der Waals surface area contributed by atoms with Crippen LogP contribution in [0.1, 0.15) is 6.23 Å². The quantitative estimate of drug-likeness (QED) is 0.444. The van der Waals surface area contributed by atoms with Crippen LogP contribution in [-0.2, 0) is 4.74 Å². The molecule has 1 fully saturated rings. The van der Waals surface area contributed by atoms with E-state index >= 15 is 0 Å². The smallest absolute Gasteiger partial charge is 0.285 e. The zero-order valence-electron chi connectivity index (χ0n) is 9.62. The van der Waals surface area contributed by atoms with Crippen LogP contribution in [0.4, 0.5) is 5.69 Å². The van der Waals surface area contributed by atoms with Crippen molar-refractivity contribution in [3.63, 3.8) is 0 Å². The molecule has 2 heterocycles. The summed E-state index contributed by atoms with van der Waals surface area (Å²) >= 11 is 0. The maximum absolute atomic E-state index is 11.6. The zero-order chi connectivity index (χ0) is 14.2. The van der Waals surface area contributed by atoms with Gasteiger partial charge in [0.25, 0.3) is 11.2 Å². The molecule has 104 valence electrons. The Bertz CT molecular complexity index is 543. The van der Waals surface area contributed by atoms with E-state index < -0.39 is 41.6 Å². The van der Waals surface area contributed by atoms with Gasteiger partial charge < -0.3 is 20.1 Å². The fraction of sp³-hybridized carbons (Fsp3) is 0.500. The summed E-state index contributed by atoms with van der Waals surface area (Å²) in [6, 6.07) is 1.99. The molecule has 0 saturated carbocycles. The van der Waals surface area contributed by atoms with Gasteiger partial charge in [0.05, 0.1) is 17.7 Å². The van der Waals surface area contributed by atoms with Gasteiger partial charge >= 0.3 is 0 Å². The molecule has 3 N–H and O–H groups in total. The highest BCUT2D eigenvalue weighted by molar-refractivity contribution is 5.25. The molecule has 0 bridgehead atoms. The normalized spacial score (nSPS) is 30.5. The minimum atomic E-state index is -1.46. The van der Waals surface area contributed by atoms with Crippen molar-refractivity contribution in [1.29, 1.82) is 0 Å². The number of aliphatic hydroxyl groups is 3. The molecule has 1 aliphatic rings. The van der Waals surface area contributed by atoms with E-state index in [0.29, 0.717) is 0 Å². The van der Waals surface area contributed by atoms with Gasteiger partial charge in [0.15, 0.2) is 6.23 Å². The van der Waals surface area contributed by atoms with Crippen LogP contribution in [0.5, 0.6) is 0 Å². The van der Waals surface area contributed by atoms with Crippen molar-refractivity contribution in [2.24, 2.45) is 0 Å². The third-order valence-corrected chi connectivity index (χ3v) is 2.92. The van der Waals surface area contributed by atoms with Crippen molar-refractivity contribution in [3.8, 4) is 0 Å². The Labute approximate surface area is 106 Å². The first kappa shape index (κ1) is 13.6. The molecule has 4 atom stereocenters. The molecule has 9 nitrogen and oxygen atoms in total. The summed E-state index contributed by atoms with van der Waals surface area (Å²) < 4.78 is 5.95. The summed E-state index contributed by atoms with van der Waals surface area (Å²) in [5.74, 6) is 0. The molecule has 19 heavy (non-hydrogen) atoms. The fourth-order valence-electron chi connectivity index (χ4n) is 1.91. The van der Waals surface area contributed by atoms with Crippen LogP contribution in [0.2, 0.25) is 0 Å². The number of nitrogens with zero attached hydrogens (tertiary/aromatic N) is 2. The average Bonchev–Trinajstić information content (AvgIpc) is 2.66. The SMILES string of the molecule is O=c1ccc([N+](=O)[O-])cn1[C@@H]1O[C@H](CO)[C@@H](O)[C@@H]1O. The summed E-state index contributed by atoms with van der Waals surface area (Å²) in [6.07, 6.45) is -4.24. The van der Waals surface area contributed by atoms with Crippen molar-refractivity contribution in [2.45, 2.75) is 24.5 Å². The first-order valence-corrected chi connectivity index (χ1v) is 5.44. The van der Waals surface area contributed by atoms with Gasteiger partial charge in [-0.25, -0.2) is 0 Å². The Morgan fingerprint density at radius 3 is 2.58 bits per heavy atom. The van der Waals surface area contributed by atoms with Crippen molar-refractivity contribution in [1.82, 2.24) is 4.57 Å². The molecule has 1 aromatic heterocycles. The predicted molar refractivity (Wildman–Crippen MR) is 60.4 cm³/mol. The summed E-state index contributed by atoms with van der Waals surface area (Å²) in [4.78, 5) is 21.6. The zero-order valence-corrected chi connectivity index (χ0v) is 9.62. The first-order valence-electron chi connectivity index (χ1n) is 5.44. The summed E-state index contributed by atoms with van der Waals surface area (Å²) in [5.41, 5.74) is -0.974. The van der Waals surface area contributed by atoms with E-state index in [-0.39, 0.29) is 5.69 Å². The molecule has 9 heteroatoms. The minimum absolute atomic E-state index is 0.350. The van der Waals surface area contributed by atoms with E-state index in [9.17, 15) is 25.1 Å². The number of aromatic nitrogens is 1. The number of ether oxygens (including phenoxy) is 1. The Kier molecular flexibility index (Phi) is 3.62. The molecule has 1 aliphatic heterocycles. The molecule has 0 radical (unpaired) electrons. The second-order valence-corrected chi connectivity index (χ2v) is 4.12. The van der Waals surface area contributed by atoms with E-state index in [1.54, 1.807) is 0 Å². The molecule has 0 spiro atoms. The van der Waals surface area contributed by atoms with E-state index in [1.807, 2.05) is 0 Å². The van der Waals surface area contributed by atoms with Gasteiger partial charge in [-0.2, -0.15) is 0 Å². The summed E-state index contributed by atoms with van der Waals surface area (Å²) in [7, 11) is 0. The van der Waals surface area contributed by atoms with Crippen LogP contribution < -0.4 is 5.56 Å². The summed E-state index contributed by atoms with van der Waals surface area (Å²) in [6.45, 7) is -0.543. The van der Waals surface area contributed by atoms with Crippen molar-refractivity contribution in [3.05, 3.63) is 38.8 Å². The molecular weight excluding hydrogens is 260 g/mol. The highest BCUT2D eigenvalue weighted by Crippen LogP contribution is 2.28. The van der Waals surface area contributed by atoms with Crippen LogP contribution in [0.25, 0.3) is 0 Å². The molecular formula is C10H12N2O7. The molecule has 0 unspecified atom stereocenters. The lowest BCUT2D eigenvalue weighted by Crippen LogP contribution is -2.35. The standard InChI is InChI=1S/C10H12N2O7/c13-4-6-8(15)9(16)10(19-6)11-3-5(12(17)18)1-2-7(11)14/h1-3,6,8-10,13,15-16H,4H2/t6-,8-,9+,10-/m1/s1. The van der Waals surface area contributed by atoms with Gasteiger partial charge in [0.2, 0.25) is 0 Å². The van der Waals surface area contributed by atoms with Gasteiger partial charge in [0, 0.05) is 12.1 Å². The minimum Gasteiger partial charge on any atom is -0.394 e. The third kappa shape index (κ3) is 2.36. The number of hydrogen-bond donors (Lipinski definition) is 3. The van der Waals surface area contributed by atoms with E-state index in [4.69, 9.17) is 9.84 Å². The average molecular weight is 272 g/mol. The number of pyridine rings is 1. The second-order valence-electron chi connectivity index (χ2n) is 4.12. The van der Waals surface area contributed by atoms with Gasteiger partial charge in [-0.3, -0.25) is 19.5 Å². The van der Waals surface area contributed by atoms with Crippen LogP contribution in [0.15, 0.2) is 23.1 Å². The van der Waals surface area contributed by atoms with Crippen molar-refractivity contribution < 1.29 is 25.0 Å². The summed E-state index contributed by atoms with van der Waals surface area (Å²) in [5, 5.41) is 38.9. The second kappa shape index (κ2) is 5.05. The van der Waals surface area contributed by atoms with Crippen LogP contribution in [0.3, 0.4) is 0 Å². The molecule has 2 rings (SSSR count). The fourth-order valence-corrected chi connectivity index (χ4v) is 1.91. The first-order chi connectivity index (χ1) is 8.95. The molecule has 1 saturated heterocycles. The van der Waals surface area contributed by atoms with Gasteiger partial charge in [0.1, 0.15) is 18.3 Å². The lowest BCUT2D eigenvalue weighted by molar-refractivity contribution is -0.385. The lowest BCUT2D eigenvalue weighted by atomic mass is 10.1. The Morgan fingerprint density at radius 1 is 1.37 bits per heavy atom. The number of hydrogen-bond acceptors (Lipinski definition) is 7. The van der Waals surface area contributed by atoms with Crippen LogP contribution in [0, 0.1) is 10.1 Å². The highest BCUT2D eigenvalue weighted by atomic mass is 16.6. The number of nitro groups is 1.